The highest BCUT2D eigenvalue weighted by molar-refractivity contribution is 5.13. The van der Waals surface area contributed by atoms with Crippen LogP contribution in [0.5, 0.6) is 0 Å². The molecule has 23 heavy (non-hydrogen) atoms. The van der Waals surface area contributed by atoms with Crippen molar-refractivity contribution < 1.29 is 62.2 Å². The van der Waals surface area contributed by atoms with Crippen LogP contribution in [-0.2, 0) is 0 Å². The van der Waals surface area contributed by atoms with Crippen molar-refractivity contribution >= 4 is 0 Å². The van der Waals surface area contributed by atoms with Gasteiger partial charge in [0, 0.05) is 0 Å². The van der Waals surface area contributed by atoms with Crippen LogP contribution < -0.4 is 0 Å². The van der Waals surface area contributed by atoms with E-state index >= 15 is 0 Å². The summed E-state index contributed by atoms with van der Waals surface area (Å²) in [7, 11) is 0. The van der Waals surface area contributed by atoms with Crippen molar-refractivity contribution in [1.29, 1.82) is 0 Å². The molecule has 14 heteroatoms. The monoisotopic (exact) mass is 378 g/mol. The first-order valence-corrected chi connectivity index (χ1v) is 5.18. The average molecular weight is 378 g/mol. The zero-order valence-electron chi connectivity index (χ0n) is 10.9. The molecule has 140 valence electrons. The SMILES string of the molecule is CC(C)(O)C(F)(F)C(F)(F)C(F)(F)C(F)(F)C(F)(F)C(F)(F)F. The van der Waals surface area contributed by atoms with Gasteiger partial charge >= 0.3 is 35.8 Å². The topological polar surface area (TPSA) is 20.2 Å². The molecule has 1 N–H and O–H groups in total. The van der Waals surface area contributed by atoms with Crippen LogP contribution in [-0.4, -0.2) is 46.5 Å². The molecule has 0 fully saturated rings. The Morgan fingerprint density at radius 2 is 0.652 bits per heavy atom. The van der Waals surface area contributed by atoms with Gasteiger partial charge in [-0.25, -0.2) is 0 Å². The Balaban J connectivity index is 6.37. The Labute approximate surface area is 119 Å². The van der Waals surface area contributed by atoms with Gasteiger partial charge in [0.2, 0.25) is 0 Å². The summed E-state index contributed by atoms with van der Waals surface area (Å²) in [5.41, 5.74) is -4.16. The van der Waals surface area contributed by atoms with Gasteiger partial charge in [-0.2, -0.15) is 57.1 Å². The third-order valence-electron chi connectivity index (χ3n) is 2.70. The first-order chi connectivity index (χ1) is 9.50. The average Bonchev–Trinajstić information content (AvgIpc) is 2.24. The number of alkyl halides is 13. The van der Waals surface area contributed by atoms with Crippen LogP contribution >= 0.6 is 0 Å². The highest BCUT2D eigenvalue weighted by Crippen LogP contribution is 2.61. The van der Waals surface area contributed by atoms with E-state index in [1.54, 1.807) is 0 Å². The van der Waals surface area contributed by atoms with Gasteiger partial charge in [0.15, 0.2) is 0 Å². The molecule has 0 bridgehead atoms. The summed E-state index contributed by atoms with van der Waals surface area (Å²) in [5, 5.41) is 8.65. The van der Waals surface area contributed by atoms with Crippen LogP contribution in [0.15, 0.2) is 0 Å². The predicted molar refractivity (Wildman–Crippen MR) is 47.1 cm³/mol. The fourth-order valence-corrected chi connectivity index (χ4v) is 1.15. The van der Waals surface area contributed by atoms with Gasteiger partial charge in [-0.3, -0.25) is 0 Å². The molecular weight excluding hydrogens is 371 g/mol. The van der Waals surface area contributed by atoms with Crippen molar-refractivity contribution in [1.82, 2.24) is 0 Å². The van der Waals surface area contributed by atoms with Gasteiger partial charge in [0.25, 0.3) is 0 Å². The zero-order chi connectivity index (χ0) is 19.5. The molecule has 0 aliphatic rings. The fraction of sp³-hybridized carbons (Fsp3) is 1.00. The summed E-state index contributed by atoms with van der Waals surface area (Å²) in [6.45, 7) is -0.534. The highest BCUT2D eigenvalue weighted by atomic mass is 19.4. The second-order valence-electron chi connectivity index (χ2n) is 4.93. The van der Waals surface area contributed by atoms with Crippen LogP contribution in [0.1, 0.15) is 13.8 Å². The molecule has 0 aromatic heterocycles. The smallest absolute Gasteiger partial charge is 0.384 e. The van der Waals surface area contributed by atoms with Crippen LogP contribution in [0.2, 0.25) is 0 Å². The molecule has 0 aliphatic heterocycles. The van der Waals surface area contributed by atoms with Gasteiger partial charge in [-0.15, -0.1) is 0 Å². The number of hydrogen-bond acceptors (Lipinski definition) is 1. The Bertz CT molecular complexity index is 401. The molecular formula is C9H7F13O. The van der Waals surface area contributed by atoms with E-state index < -0.39 is 41.4 Å². The van der Waals surface area contributed by atoms with Gasteiger partial charge in [-0.1, -0.05) is 0 Å². The van der Waals surface area contributed by atoms with Gasteiger partial charge < -0.3 is 5.11 Å². The maximum atomic E-state index is 13.1. The molecule has 0 radical (unpaired) electrons. The van der Waals surface area contributed by atoms with E-state index in [0.717, 1.165) is 0 Å². The molecule has 0 amide bonds. The lowest BCUT2D eigenvalue weighted by Gasteiger charge is -2.42. The molecule has 1 nitrogen and oxygen atoms in total. The van der Waals surface area contributed by atoms with Crippen LogP contribution in [0.25, 0.3) is 0 Å². The molecule has 0 saturated carbocycles. The minimum absolute atomic E-state index is 0.267. The van der Waals surface area contributed by atoms with Crippen LogP contribution in [0.4, 0.5) is 57.1 Å². The number of hydrogen-bond donors (Lipinski definition) is 1. The quantitative estimate of drug-likeness (QED) is 0.699. The lowest BCUT2D eigenvalue weighted by Crippen LogP contribution is -2.72. The predicted octanol–water partition coefficient (Wildman–Crippen LogP) is 4.50. The number of halogens is 13. The summed E-state index contributed by atoms with van der Waals surface area (Å²) in [6.07, 6.45) is -7.44. The third kappa shape index (κ3) is 2.71. The van der Waals surface area contributed by atoms with Crippen LogP contribution in [0.3, 0.4) is 0 Å². The Hall–Kier alpha value is -0.950. The molecule has 0 aromatic rings. The second kappa shape index (κ2) is 5.02. The highest BCUT2D eigenvalue weighted by Gasteiger charge is 2.91. The first kappa shape index (κ1) is 22.1. The van der Waals surface area contributed by atoms with E-state index in [0.29, 0.717) is 0 Å². The van der Waals surface area contributed by atoms with E-state index in [1.165, 1.54) is 0 Å². The van der Waals surface area contributed by atoms with Crippen LogP contribution in [0, 0.1) is 0 Å². The normalized spacial score (nSPS) is 16.7. The van der Waals surface area contributed by atoms with Crippen molar-refractivity contribution in [3.05, 3.63) is 0 Å². The van der Waals surface area contributed by atoms with Gasteiger partial charge in [-0.05, 0) is 13.8 Å². The molecule has 0 aromatic carbocycles. The summed E-state index contributed by atoms with van der Waals surface area (Å²) in [4.78, 5) is 0. The van der Waals surface area contributed by atoms with E-state index in [2.05, 4.69) is 0 Å². The number of rotatable bonds is 5. The summed E-state index contributed by atoms with van der Waals surface area (Å²) < 4.78 is 164. The molecule has 0 unspecified atom stereocenters. The fourth-order valence-electron chi connectivity index (χ4n) is 1.15. The van der Waals surface area contributed by atoms with Gasteiger partial charge in [0.05, 0.1) is 0 Å². The van der Waals surface area contributed by atoms with Crippen molar-refractivity contribution in [2.45, 2.75) is 55.2 Å². The molecule has 0 heterocycles. The van der Waals surface area contributed by atoms with E-state index in [4.69, 9.17) is 5.11 Å². The molecule has 0 aliphatic carbocycles. The molecule has 0 atom stereocenters. The maximum Gasteiger partial charge on any atom is 0.460 e. The lowest BCUT2D eigenvalue weighted by atomic mass is 9.86. The van der Waals surface area contributed by atoms with Crippen molar-refractivity contribution in [3.63, 3.8) is 0 Å². The second-order valence-corrected chi connectivity index (χ2v) is 4.93. The lowest BCUT2D eigenvalue weighted by molar-refractivity contribution is -0.448. The summed E-state index contributed by atoms with van der Waals surface area (Å²) in [6, 6.07) is 0. The van der Waals surface area contributed by atoms with E-state index in [-0.39, 0.29) is 13.8 Å². The molecule has 0 saturated heterocycles. The third-order valence-corrected chi connectivity index (χ3v) is 2.70. The standard InChI is InChI=1S/C9H7F13O/c1-3(2,23)4(10,11)5(12,13)6(14,15)7(16,17)8(18,19)9(20,21)22/h23H,1-2H3. The Morgan fingerprint density at radius 1 is 0.435 bits per heavy atom. The van der Waals surface area contributed by atoms with E-state index in [1.807, 2.05) is 0 Å². The van der Waals surface area contributed by atoms with Crippen molar-refractivity contribution in [3.8, 4) is 0 Å². The molecule has 0 spiro atoms. The summed E-state index contributed by atoms with van der Waals surface area (Å²) >= 11 is 0. The minimum Gasteiger partial charge on any atom is -0.384 e. The first-order valence-electron chi connectivity index (χ1n) is 5.18. The zero-order valence-corrected chi connectivity index (χ0v) is 10.9. The van der Waals surface area contributed by atoms with Gasteiger partial charge in [0.1, 0.15) is 5.60 Å². The Kier molecular flexibility index (Phi) is 4.81. The van der Waals surface area contributed by atoms with E-state index in [9.17, 15) is 57.1 Å². The largest absolute Gasteiger partial charge is 0.460 e. The van der Waals surface area contributed by atoms with Crippen molar-refractivity contribution in [2.75, 3.05) is 0 Å². The summed E-state index contributed by atoms with van der Waals surface area (Å²) in [5.74, 6) is -37.5. The van der Waals surface area contributed by atoms with Crippen molar-refractivity contribution in [2.24, 2.45) is 0 Å². The Morgan fingerprint density at radius 3 is 0.870 bits per heavy atom. The minimum atomic E-state index is -7.95. The number of aliphatic hydroxyl groups is 1. The molecule has 0 rings (SSSR count). The maximum absolute atomic E-state index is 13.1.